The van der Waals surface area contributed by atoms with Crippen molar-refractivity contribution in [1.29, 1.82) is 0 Å². The lowest BCUT2D eigenvalue weighted by molar-refractivity contribution is -0.278. The van der Waals surface area contributed by atoms with Crippen molar-refractivity contribution in [2.24, 2.45) is 5.92 Å². The summed E-state index contributed by atoms with van der Waals surface area (Å²) >= 11 is 0. The Bertz CT molecular complexity index is 686. The van der Waals surface area contributed by atoms with Crippen molar-refractivity contribution < 1.29 is 37.0 Å². The Morgan fingerprint density at radius 3 is 2.41 bits per heavy atom. The number of hydrogen-bond acceptors (Lipinski definition) is 5. The molecule has 3 atom stereocenters. The third kappa shape index (κ3) is 4.50. The van der Waals surface area contributed by atoms with Crippen LogP contribution in [0.3, 0.4) is 0 Å². The first-order valence-electron chi connectivity index (χ1n) is 8.41. The van der Waals surface area contributed by atoms with Crippen LogP contribution in [0.4, 0.5) is 13.2 Å². The summed E-state index contributed by atoms with van der Waals surface area (Å²) in [5.41, 5.74) is -3.58. The van der Waals surface area contributed by atoms with Gasteiger partial charge in [-0.15, -0.1) is 0 Å². The van der Waals surface area contributed by atoms with Crippen LogP contribution in [0.1, 0.15) is 25.3 Å². The van der Waals surface area contributed by atoms with E-state index in [1.54, 1.807) is 6.08 Å². The van der Waals surface area contributed by atoms with Crippen LogP contribution in [0.5, 0.6) is 0 Å². The molecule has 1 aliphatic carbocycles. The molecule has 5 nitrogen and oxygen atoms in total. The quantitative estimate of drug-likeness (QED) is 0.530. The van der Waals surface area contributed by atoms with Gasteiger partial charge in [0.05, 0.1) is 6.61 Å². The van der Waals surface area contributed by atoms with E-state index in [2.05, 4.69) is 0 Å². The molecule has 1 aromatic carbocycles. The number of allylic oxidation sites excluding steroid dienone is 1. The maximum atomic E-state index is 13.9. The van der Waals surface area contributed by atoms with E-state index in [1.807, 2.05) is 0 Å². The molecule has 0 saturated carbocycles. The fraction of sp³-hybridized carbons (Fsp3) is 0.474. The molecule has 1 aliphatic rings. The predicted octanol–water partition coefficient (Wildman–Crippen LogP) is 3.53. The van der Waals surface area contributed by atoms with Gasteiger partial charge < -0.3 is 14.2 Å². The highest BCUT2D eigenvalue weighted by molar-refractivity contribution is 5.83. The molecule has 0 heterocycles. The monoisotopic (exact) mass is 386 g/mol. The zero-order valence-corrected chi connectivity index (χ0v) is 15.0. The molecule has 0 spiro atoms. The molecule has 0 aliphatic heterocycles. The summed E-state index contributed by atoms with van der Waals surface area (Å²) in [6, 6.07) is 6.65. The van der Waals surface area contributed by atoms with Gasteiger partial charge in [-0.1, -0.05) is 36.4 Å². The molecule has 2 rings (SSSR count). The van der Waals surface area contributed by atoms with Gasteiger partial charge in [-0.05, 0) is 18.9 Å². The van der Waals surface area contributed by atoms with E-state index in [0.29, 0.717) is 12.8 Å². The van der Waals surface area contributed by atoms with Crippen LogP contribution in [0.15, 0.2) is 42.5 Å². The fourth-order valence-electron chi connectivity index (χ4n) is 3.04. The average molecular weight is 386 g/mol. The highest BCUT2D eigenvalue weighted by Crippen LogP contribution is 2.43. The SMILES string of the molecule is CO[C@](C(=O)O[C@H]1C=CC[C@H]1CCOC(C)=O)(c1ccccc1)C(F)(F)F. The molecule has 0 bridgehead atoms. The molecule has 0 aromatic heterocycles. The number of carbonyl (C=O) groups excluding carboxylic acids is 2. The van der Waals surface area contributed by atoms with Crippen LogP contribution in [-0.4, -0.2) is 37.9 Å². The standard InChI is InChI=1S/C19H21F3O5/c1-13(23)26-12-11-14-7-6-10-16(14)27-17(24)18(25-2,19(20,21)22)15-8-4-3-5-9-15/h3-6,8-10,14,16H,7,11-12H2,1-2H3/t14-,16-,18-/m0/s1. The van der Waals surface area contributed by atoms with E-state index >= 15 is 0 Å². The lowest BCUT2D eigenvalue weighted by atomic mass is 9.92. The number of carbonyl (C=O) groups is 2. The van der Waals surface area contributed by atoms with E-state index < -0.39 is 29.8 Å². The van der Waals surface area contributed by atoms with Gasteiger partial charge in [-0.25, -0.2) is 4.79 Å². The number of ether oxygens (including phenoxy) is 3. The number of halogens is 3. The Balaban J connectivity index is 2.21. The van der Waals surface area contributed by atoms with Gasteiger partial charge in [0.2, 0.25) is 0 Å². The van der Waals surface area contributed by atoms with Gasteiger partial charge in [0.1, 0.15) is 6.10 Å². The van der Waals surface area contributed by atoms with E-state index in [4.69, 9.17) is 14.2 Å². The third-order valence-corrected chi connectivity index (χ3v) is 4.44. The summed E-state index contributed by atoms with van der Waals surface area (Å²) in [7, 11) is 0.824. The predicted molar refractivity (Wildman–Crippen MR) is 89.6 cm³/mol. The van der Waals surface area contributed by atoms with Crippen LogP contribution in [0.25, 0.3) is 0 Å². The molecular formula is C19H21F3O5. The zero-order valence-electron chi connectivity index (χ0n) is 15.0. The van der Waals surface area contributed by atoms with Gasteiger partial charge in [0.15, 0.2) is 0 Å². The fourth-order valence-corrected chi connectivity index (χ4v) is 3.04. The summed E-state index contributed by atoms with van der Waals surface area (Å²) in [4.78, 5) is 23.5. The number of esters is 2. The second-order valence-corrected chi connectivity index (χ2v) is 6.17. The first kappa shape index (κ1) is 21.0. The average Bonchev–Trinajstić information content (AvgIpc) is 3.02. The normalized spacial score (nSPS) is 21.5. The van der Waals surface area contributed by atoms with E-state index in [0.717, 1.165) is 7.11 Å². The minimum Gasteiger partial charge on any atom is -0.466 e. The van der Waals surface area contributed by atoms with Crippen LogP contribution in [-0.2, 0) is 29.4 Å². The highest BCUT2D eigenvalue weighted by atomic mass is 19.4. The summed E-state index contributed by atoms with van der Waals surface area (Å²) in [6.45, 7) is 1.36. The minimum atomic E-state index is -5.02. The van der Waals surface area contributed by atoms with Crippen molar-refractivity contribution in [2.45, 2.75) is 37.6 Å². The molecule has 148 valence electrons. The lowest BCUT2D eigenvalue weighted by Gasteiger charge is -2.34. The van der Waals surface area contributed by atoms with Crippen molar-refractivity contribution in [1.82, 2.24) is 0 Å². The smallest absolute Gasteiger partial charge is 0.432 e. The maximum absolute atomic E-state index is 13.9. The number of rotatable bonds is 7. The minimum absolute atomic E-state index is 0.100. The Morgan fingerprint density at radius 2 is 1.85 bits per heavy atom. The Kier molecular flexibility index (Phi) is 6.64. The van der Waals surface area contributed by atoms with E-state index in [-0.39, 0.29) is 18.1 Å². The molecule has 8 heteroatoms. The second-order valence-electron chi connectivity index (χ2n) is 6.17. The summed E-state index contributed by atoms with van der Waals surface area (Å²) < 4.78 is 56.4. The van der Waals surface area contributed by atoms with E-state index in [9.17, 15) is 22.8 Å². The van der Waals surface area contributed by atoms with Crippen molar-refractivity contribution in [3.8, 4) is 0 Å². The van der Waals surface area contributed by atoms with Crippen molar-refractivity contribution in [2.75, 3.05) is 13.7 Å². The third-order valence-electron chi connectivity index (χ3n) is 4.44. The van der Waals surface area contributed by atoms with Gasteiger partial charge in [-0.2, -0.15) is 13.2 Å². The summed E-state index contributed by atoms with van der Waals surface area (Å²) in [5.74, 6) is -2.25. The van der Waals surface area contributed by atoms with Gasteiger partial charge >= 0.3 is 18.1 Å². The topological polar surface area (TPSA) is 61.8 Å². The zero-order chi connectivity index (χ0) is 20.1. The van der Waals surface area contributed by atoms with Crippen LogP contribution in [0, 0.1) is 5.92 Å². The first-order chi connectivity index (χ1) is 12.7. The molecule has 0 N–H and O–H groups in total. The molecule has 0 saturated heterocycles. The van der Waals surface area contributed by atoms with Crippen molar-refractivity contribution >= 4 is 11.9 Å². The van der Waals surface area contributed by atoms with Crippen LogP contribution < -0.4 is 0 Å². The number of methoxy groups -OCH3 is 1. The Morgan fingerprint density at radius 1 is 1.19 bits per heavy atom. The molecule has 1 aromatic rings. The van der Waals surface area contributed by atoms with Crippen LogP contribution >= 0.6 is 0 Å². The first-order valence-corrected chi connectivity index (χ1v) is 8.41. The molecule has 27 heavy (non-hydrogen) atoms. The Labute approximate surface area is 155 Å². The lowest BCUT2D eigenvalue weighted by Crippen LogP contribution is -2.52. The number of alkyl halides is 3. The second kappa shape index (κ2) is 8.56. The Hall–Kier alpha value is -2.35. The molecule has 0 unspecified atom stereocenters. The molecule has 0 radical (unpaired) electrons. The highest BCUT2D eigenvalue weighted by Gasteiger charge is 2.64. The number of benzene rings is 1. The maximum Gasteiger partial charge on any atom is 0.432 e. The molecular weight excluding hydrogens is 365 g/mol. The molecule has 0 fully saturated rings. The van der Waals surface area contributed by atoms with E-state index in [1.165, 1.54) is 43.3 Å². The van der Waals surface area contributed by atoms with Crippen molar-refractivity contribution in [3.63, 3.8) is 0 Å². The van der Waals surface area contributed by atoms with Crippen molar-refractivity contribution in [3.05, 3.63) is 48.0 Å². The van der Waals surface area contributed by atoms with Crippen LogP contribution in [0.2, 0.25) is 0 Å². The molecule has 0 amide bonds. The van der Waals surface area contributed by atoms with Gasteiger partial charge in [0, 0.05) is 25.5 Å². The van der Waals surface area contributed by atoms with Gasteiger partial charge in [-0.3, -0.25) is 4.79 Å². The summed E-state index contributed by atoms with van der Waals surface area (Å²) in [5, 5.41) is 0. The number of hydrogen-bond donors (Lipinski definition) is 0. The largest absolute Gasteiger partial charge is 0.466 e. The summed E-state index contributed by atoms with van der Waals surface area (Å²) in [6.07, 6.45) is -1.73. The van der Waals surface area contributed by atoms with Gasteiger partial charge in [0.25, 0.3) is 5.60 Å².